The van der Waals surface area contributed by atoms with Crippen LogP contribution in [0.4, 0.5) is 0 Å². The number of rotatable bonds is 22. The standard InChI is InChI=1S/C25H48O5/c1-4-6-7-8-9-10-11-12-13-14-15-16-17-18-20-29-24(26)21-28-22-25(27)30-23(3)19-5-2/h23H,4-22H2,1-3H3. The largest absolute Gasteiger partial charge is 0.464 e. The van der Waals surface area contributed by atoms with Gasteiger partial charge in [0.1, 0.15) is 13.2 Å². The number of carbonyl (C=O) groups excluding carboxylic acids is 2. The summed E-state index contributed by atoms with van der Waals surface area (Å²) in [6.45, 7) is 6.18. The molecule has 30 heavy (non-hydrogen) atoms. The third kappa shape index (κ3) is 21.6. The van der Waals surface area contributed by atoms with Gasteiger partial charge in [-0.3, -0.25) is 0 Å². The van der Waals surface area contributed by atoms with Crippen LogP contribution in [0.3, 0.4) is 0 Å². The second-order valence-electron chi connectivity index (χ2n) is 8.40. The van der Waals surface area contributed by atoms with Gasteiger partial charge in [-0.25, -0.2) is 9.59 Å². The average molecular weight is 429 g/mol. The minimum Gasteiger partial charge on any atom is -0.464 e. The summed E-state index contributed by atoms with van der Waals surface area (Å²) in [6, 6.07) is 0. The van der Waals surface area contributed by atoms with E-state index < -0.39 is 11.9 Å². The van der Waals surface area contributed by atoms with Gasteiger partial charge in [0.15, 0.2) is 0 Å². The zero-order chi connectivity index (χ0) is 22.3. The maximum absolute atomic E-state index is 11.6. The monoisotopic (exact) mass is 428 g/mol. The molecule has 0 aromatic carbocycles. The van der Waals surface area contributed by atoms with E-state index in [-0.39, 0.29) is 19.3 Å². The van der Waals surface area contributed by atoms with Crippen LogP contribution in [0.25, 0.3) is 0 Å². The molecule has 0 rings (SSSR count). The number of carbonyl (C=O) groups is 2. The van der Waals surface area contributed by atoms with E-state index >= 15 is 0 Å². The van der Waals surface area contributed by atoms with Crippen molar-refractivity contribution < 1.29 is 23.8 Å². The summed E-state index contributed by atoms with van der Waals surface area (Å²) in [4.78, 5) is 23.1. The third-order valence-electron chi connectivity index (χ3n) is 5.23. The van der Waals surface area contributed by atoms with Crippen molar-refractivity contribution in [3.63, 3.8) is 0 Å². The van der Waals surface area contributed by atoms with Crippen LogP contribution in [0.15, 0.2) is 0 Å². The summed E-state index contributed by atoms with van der Waals surface area (Å²) in [6.07, 6.45) is 19.9. The van der Waals surface area contributed by atoms with E-state index in [1.165, 1.54) is 77.0 Å². The Bertz CT molecular complexity index is 397. The van der Waals surface area contributed by atoms with Gasteiger partial charge in [0, 0.05) is 0 Å². The highest BCUT2D eigenvalue weighted by molar-refractivity contribution is 5.73. The van der Waals surface area contributed by atoms with Crippen molar-refractivity contribution in [1.82, 2.24) is 0 Å². The minimum absolute atomic E-state index is 0.113. The minimum atomic E-state index is -0.435. The Kier molecular flexibility index (Phi) is 21.8. The summed E-state index contributed by atoms with van der Waals surface area (Å²) in [5, 5.41) is 0. The van der Waals surface area contributed by atoms with Gasteiger partial charge in [-0.2, -0.15) is 0 Å². The number of esters is 2. The summed E-state index contributed by atoms with van der Waals surface area (Å²) < 4.78 is 15.3. The molecule has 0 aliphatic rings. The molecule has 1 unspecified atom stereocenters. The van der Waals surface area contributed by atoms with Gasteiger partial charge in [-0.05, 0) is 19.8 Å². The first-order valence-corrected chi connectivity index (χ1v) is 12.5. The van der Waals surface area contributed by atoms with Gasteiger partial charge < -0.3 is 14.2 Å². The molecule has 0 aromatic rings. The van der Waals surface area contributed by atoms with Crippen molar-refractivity contribution in [3.8, 4) is 0 Å². The van der Waals surface area contributed by atoms with Gasteiger partial charge >= 0.3 is 11.9 Å². The Balaban J connectivity index is 3.29. The average Bonchev–Trinajstić information content (AvgIpc) is 2.71. The number of hydrogen-bond donors (Lipinski definition) is 0. The lowest BCUT2D eigenvalue weighted by molar-refractivity contribution is -0.158. The molecular weight excluding hydrogens is 380 g/mol. The number of unbranched alkanes of at least 4 members (excludes halogenated alkanes) is 13. The smallest absolute Gasteiger partial charge is 0.332 e. The molecule has 1 atom stereocenters. The highest BCUT2D eigenvalue weighted by Crippen LogP contribution is 2.13. The van der Waals surface area contributed by atoms with Crippen LogP contribution in [0.2, 0.25) is 0 Å². The molecule has 0 bridgehead atoms. The first-order chi connectivity index (χ1) is 14.6. The van der Waals surface area contributed by atoms with E-state index in [0.717, 1.165) is 25.7 Å². The normalized spacial score (nSPS) is 12.0. The Morgan fingerprint density at radius 2 is 1.10 bits per heavy atom. The lowest BCUT2D eigenvalue weighted by Crippen LogP contribution is -2.22. The Morgan fingerprint density at radius 1 is 0.633 bits per heavy atom. The molecule has 0 aliphatic heterocycles. The SMILES string of the molecule is CCCCCCCCCCCCCCCCOC(=O)COCC(=O)OC(C)CCC. The van der Waals surface area contributed by atoms with Crippen LogP contribution in [-0.2, 0) is 23.8 Å². The van der Waals surface area contributed by atoms with Gasteiger partial charge in [0.05, 0.1) is 12.7 Å². The maximum atomic E-state index is 11.6. The van der Waals surface area contributed by atoms with Gasteiger partial charge in [-0.15, -0.1) is 0 Å². The molecule has 0 spiro atoms. The van der Waals surface area contributed by atoms with E-state index in [1.54, 1.807) is 0 Å². The fraction of sp³-hybridized carbons (Fsp3) is 0.920. The van der Waals surface area contributed by atoms with Crippen molar-refractivity contribution in [2.45, 2.75) is 130 Å². The molecule has 0 heterocycles. The zero-order valence-electron chi connectivity index (χ0n) is 20.1. The van der Waals surface area contributed by atoms with Crippen molar-refractivity contribution in [2.75, 3.05) is 19.8 Å². The van der Waals surface area contributed by atoms with E-state index in [1.807, 2.05) is 13.8 Å². The lowest BCUT2D eigenvalue weighted by Gasteiger charge is -2.12. The highest BCUT2D eigenvalue weighted by atomic mass is 16.6. The molecule has 0 radical (unpaired) electrons. The van der Waals surface area contributed by atoms with Crippen LogP contribution < -0.4 is 0 Å². The molecule has 178 valence electrons. The van der Waals surface area contributed by atoms with Crippen molar-refractivity contribution >= 4 is 11.9 Å². The summed E-state index contributed by atoms with van der Waals surface area (Å²) in [5.41, 5.74) is 0. The van der Waals surface area contributed by atoms with Gasteiger partial charge in [0.2, 0.25) is 0 Å². The topological polar surface area (TPSA) is 61.8 Å². The predicted molar refractivity (Wildman–Crippen MR) is 123 cm³/mol. The first-order valence-electron chi connectivity index (χ1n) is 12.5. The van der Waals surface area contributed by atoms with Gasteiger partial charge in [-0.1, -0.05) is 104 Å². The van der Waals surface area contributed by atoms with Crippen LogP contribution in [0, 0.1) is 0 Å². The second kappa shape index (κ2) is 22.6. The van der Waals surface area contributed by atoms with E-state index in [9.17, 15) is 9.59 Å². The van der Waals surface area contributed by atoms with Crippen LogP contribution in [-0.4, -0.2) is 37.9 Å². The van der Waals surface area contributed by atoms with Crippen molar-refractivity contribution in [3.05, 3.63) is 0 Å². The first kappa shape index (κ1) is 28.9. The van der Waals surface area contributed by atoms with E-state index in [4.69, 9.17) is 14.2 Å². The molecule has 0 N–H and O–H groups in total. The zero-order valence-corrected chi connectivity index (χ0v) is 20.1. The fourth-order valence-electron chi connectivity index (χ4n) is 3.47. The molecule has 0 saturated carbocycles. The van der Waals surface area contributed by atoms with Crippen molar-refractivity contribution in [2.24, 2.45) is 0 Å². The van der Waals surface area contributed by atoms with Crippen LogP contribution >= 0.6 is 0 Å². The highest BCUT2D eigenvalue weighted by Gasteiger charge is 2.10. The molecule has 0 amide bonds. The molecule has 0 saturated heterocycles. The lowest BCUT2D eigenvalue weighted by atomic mass is 10.0. The Labute approximate surface area is 185 Å². The Hall–Kier alpha value is -1.10. The fourth-order valence-corrected chi connectivity index (χ4v) is 3.47. The molecular formula is C25H48O5. The number of ether oxygens (including phenoxy) is 3. The van der Waals surface area contributed by atoms with Crippen LogP contribution in [0.1, 0.15) is 124 Å². The predicted octanol–water partition coefficient (Wildman–Crippen LogP) is 6.76. The van der Waals surface area contributed by atoms with E-state index in [2.05, 4.69) is 6.92 Å². The molecule has 5 nitrogen and oxygen atoms in total. The third-order valence-corrected chi connectivity index (χ3v) is 5.23. The van der Waals surface area contributed by atoms with Gasteiger partial charge in [0.25, 0.3) is 0 Å². The molecule has 0 aliphatic carbocycles. The summed E-state index contributed by atoms with van der Waals surface area (Å²) in [5.74, 6) is -0.852. The van der Waals surface area contributed by atoms with Crippen molar-refractivity contribution in [1.29, 1.82) is 0 Å². The Morgan fingerprint density at radius 3 is 1.60 bits per heavy atom. The van der Waals surface area contributed by atoms with Crippen LogP contribution in [0.5, 0.6) is 0 Å². The molecule has 0 fully saturated rings. The summed E-state index contributed by atoms with van der Waals surface area (Å²) in [7, 11) is 0. The molecule has 0 aromatic heterocycles. The molecule has 5 heteroatoms. The number of hydrogen-bond acceptors (Lipinski definition) is 5. The van der Waals surface area contributed by atoms with E-state index in [0.29, 0.717) is 6.61 Å². The summed E-state index contributed by atoms with van der Waals surface area (Å²) >= 11 is 0. The second-order valence-corrected chi connectivity index (χ2v) is 8.40. The maximum Gasteiger partial charge on any atom is 0.332 e. The quantitative estimate of drug-likeness (QED) is 0.141.